The molecule has 0 bridgehead atoms. The molecule has 0 aromatic heterocycles. The van der Waals surface area contributed by atoms with Crippen molar-refractivity contribution >= 4 is 12.3 Å². The minimum Gasteiger partial charge on any atom is -0.592 e. The maximum atomic E-state index is 11.8. The summed E-state index contributed by atoms with van der Waals surface area (Å²) in [4.78, 5) is 9.32. The summed E-state index contributed by atoms with van der Waals surface area (Å²) in [5.41, 5.74) is -1.80. The van der Waals surface area contributed by atoms with E-state index in [1.54, 1.807) is 13.8 Å². The highest BCUT2D eigenvalue weighted by Gasteiger charge is 2.57. The minimum atomic E-state index is -1.80. The average Bonchev–Trinajstić information content (AvgIpc) is 2.42. The van der Waals surface area contributed by atoms with Crippen molar-refractivity contribution in [2.45, 2.75) is 19.5 Å². The monoisotopic (exact) mass is 282 g/mol. The van der Waals surface area contributed by atoms with Gasteiger partial charge in [-0.25, -0.2) is 0 Å². The van der Waals surface area contributed by atoms with Crippen molar-refractivity contribution in [1.82, 2.24) is 0 Å². The van der Waals surface area contributed by atoms with Crippen LogP contribution in [-0.4, -0.2) is 41.8 Å². The minimum absolute atomic E-state index is 0.0612. The molecule has 0 spiro atoms. The molecule has 18 heavy (non-hydrogen) atoms. The van der Waals surface area contributed by atoms with Crippen LogP contribution in [-0.2, 0) is 18.0 Å². The third kappa shape index (κ3) is 3.34. The quantitative estimate of drug-likeness (QED) is 0.236. The Labute approximate surface area is 108 Å². The summed E-state index contributed by atoms with van der Waals surface area (Å²) in [6.07, 6.45) is 0. The predicted octanol–water partition coefficient (Wildman–Crippen LogP) is 1.12. The molecule has 0 aromatic carbocycles. The van der Waals surface area contributed by atoms with Crippen LogP contribution in [0, 0.1) is 10.4 Å². The van der Waals surface area contributed by atoms with Gasteiger partial charge in [-0.3, -0.25) is 8.37 Å². The Bertz CT molecular complexity index is 295. The first kappa shape index (κ1) is 14.7. The lowest BCUT2D eigenvalue weighted by atomic mass is 10.2. The van der Waals surface area contributed by atoms with E-state index in [4.69, 9.17) is 8.37 Å². The molecule has 0 aromatic rings. The maximum absolute atomic E-state index is 11.8. The summed E-state index contributed by atoms with van der Waals surface area (Å²) in [6.45, 7) is 3.13. The van der Waals surface area contributed by atoms with Crippen molar-refractivity contribution in [3.63, 3.8) is 0 Å². The van der Waals surface area contributed by atoms with Gasteiger partial charge in [-0.2, -0.15) is 0 Å². The Balaban J connectivity index is 2.94. The summed E-state index contributed by atoms with van der Waals surface area (Å²) in [5, 5.41) is 30.0. The van der Waals surface area contributed by atoms with E-state index in [9.17, 15) is 10.4 Å². The van der Waals surface area contributed by atoms with Gasteiger partial charge in [0.1, 0.15) is 13.2 Å². The molecule has 1 aliphatic heterocycles. The Morgan fingerprint density at radius 3 is 1.94 bits per heavy atom. The molecule has 0 N–H and O–H groups in total. The molecule has 1 saturated heterocycles. The van der Waals surface area contributed by atoms with E-state index in [2.05, 4.69) is 20.2 Å². The first-order valence-electron chi connectivity index (χ1n) is 5.19. The third-order valence-electron chi connectivity index (χ3n) is 1.91. The van der Waals surface area contributed by atoms with Gasteiger partial charge in [-0.05, 0) is 13.8 Å². The van der Waals surface area contributed by atoms with Gasteiger partial charge in [0.05, 0.1) is 0 Å². The molecule has 0 atom stereocenters. The van der Waals surface area contributed by atoms with Crippen LogP contribution in [0.2, 0.25) is 0 Å². The van der Waals surface area contributed by atoms with E-state index in [1.165, 1.54) is 0 Å². The fourth-order valence-electron chi connectivity index (χ4n) is 0.979. The Hall–Kier alpha value is -1.33. The second-order valence-electron chi connectivity index (χ2n) is 3.12. The fraction of sp³-hybridized carbons (Fsp3) is 1.00. The summed E-state index contributed by atoms with van der Waals surface area (Å²) < 4.78 is 9.74. The van der Waals surface area contributed by atoms with Crippen molar-refractivity contribution in [1.29, 1.82) is 0 Å². The zero-order chi connectivity index (χ0) is 13.4. The molecule has 0 saturated carbocycles. The lowest BCUT2D eigenvalue weighted by Gasteiger charge is -2.25. The van der Waals surface area contributed by atoms with E-state index in [-0.39, 0.29) is 36.1 Å². The van der Waals surface area contributed by atoms with Gasteiger partial charge in [0.2, 0.25) is 23.8 Å². The molecule has 1 fully saturated rings. The lowest BCUT2D eigenvalue weighted by molar-refractivity contribution is -0.849. The largest absolute Gasteiger partial charge is 0.592 e. The summed E-state index contributed by atoms with van der Waals surface area (Å²) in [7, 11) is 0. The molecule has 1 rings (SSSR count). The highest BCUT2D eigenvalue weighted by Crippen LogP contribution is 2.25. The van der Waals surface area contributed by atoms with Crippen molar-refractivity contribution in [3.05, 3.63) is 10.4 Å². The second kappa shape index (κ2) is 7.18. The van der Waals surface area contributed by atoms with Crippen molar-refractivity contribution in [3.8, 4) is 0 Å². The normalized spacial score (nSPS) is 20.6. The standard InChI is InChI=1S/C7H14N4O6S/c1-3-14-8-10(12)7(5-16-18-17-6-7)11(13)9-15-4-2/h3-6H2,1-2H3. The zero-order valence-electron chi connectivity index (χ0n) is 9.98. The average molecular weight is 282 g/mol. The molecule has 1 aliphatic rings. The SMILES string of the molecule is CCON=[N+]([O-])C1([N+]([O-])=NOCC)COSOC1. The molecule has 1 heterocycles. The molecular weight excluding hydrogens is 268 g/mol. The van der Waals surface area contributed by atoms with E-state index >= 15 is 0 Å². The van der Waals surface area contributed by atoms with Crippen LogP contribution < -0.4 is 0 Å². The van der Waals surface area contributed by atoms with Crippen LogP contribution >= 0.6 is 12.3 Å². The number of rotatable bonds is 6. The highest BCUT2D eigenvalue weighted by molar-refractivity contribution is 7.89. The van der Waals surface area contributed by atoms with Crippen molar-refractivity contribution in [2.24, 2.45) is 10.6 Å². The Morgan fingerprint density at radius 1 is 1.11 bits per heavy atom. The van der Waals surface area contributed by atoms with Gasteiger partial charge < -0.3 is 20.1 Å². The smallest absolute Gasteiger partial charge is 0.472 e. The van der Waals surface area contributed by atoms with Crippen LogP contribution in [0.15, 0.2) is 10.6 Å². The lowest BCUT2D eigenvalue weighted by Crippen LogP contribution is -2.55. The predicted molar refractivity (Wildman–Crippen MR) is 57.6 cm³/mol. The highest BCUT2D eigenvalue weighted by atomic mass is 32.2. The van der Waals surface area contributed by atoms with Gasteiger partial charge in [0.15, 0.2) is 12.3 Å². The molecule has 10 nitrogen and oxygen atoms in total. The van der Waals surface area contributed by atoms with Crippen LogP contribution in [0.4, 0.5) is 0 Å². The van der Waals surface area contributed by atoms with Gasteiger partial charge in [-0.15, -0.1) is 0 Å². The van der Waals surface area contributed by atoms with E-state index in [0.717, 1.165) is 0 Å². The molecule has 11 heteroatoms. The molecule has 0 amide bonds. The third-order valence-corrected chi connectivity index (χ3v) is 2.34. The second-order valence-corrected chi connectivity index (χ2v) is 3.73. The molecule has 104 valence electrons. The van der Waals surface area contributed by atoms with Gasteiger partial charge in [0.25, 0.3) is 0 Å². The summed E-state index contributed by atoms with van der Waals surface area (Å²) >= 11 is 0.684. The Kier molecular flexibility index (Phi) is 5.88. The van der Waals surface area contributed by atoms with Crippen LogP contribution in [0.1, 0.15) is 13.8 Å². The molecule has 0 unspecified atom stereocenters. The van der Waals surface area contributed by atoms with Crippen LogP contribution in [0.5, 0.6) is 0 Å². The maximum Gasteiger partial charge on any atom is 0.472 e. The van der Waals surface area contributed by atoms with E-state index in [0.29, 0.717) is 12.3 Å². The Morgan fingerprint density at radius 2 is 1.56 bits per heavy atom. The zero-order valence-corrected chi connectivity index (χ0v) is 10.8. The summed E-state index contributed by atoms with van der Waals surface area (Å²) in [6, 6.07) is 0. The van der Waals surface area contributed by atoms with Crippen molar-refractivity contribution in [2.75, 3.05) is 26.4 Å². The molecule has 0 radical (unpaired) electrons. The van der Waals surface area contributed by atoms with E-state index in [1.807, 2.05) is 0 Å². The van der Waals surface area contributed by atoms with Crippen LogP contribution in [0.25, 0.3) is 0 Å². The fourth-order valence-corrected chi connectivity index (χ4v) is 1.52. The number of nitrogens with zero attached hydrogens (tertiary/aromatic N) is 4. The number of hydroxylamine groups is 2. The van der Waals surface area contributed by atoms with Gasteiger partial charge in [-0.1, -0.05) is 0 Å². The van der Waals surface area contributed by atoms with Gasteiger partial charge in [0, 0.05) is 9.72 Å². The number of hydrogen-bond acceptors (Lipinski definition) is 9. The first-order chi connectivity index (χ1) is 8.67. The molecular formula is C7H14N4O6S. The summed E-state index contributed by atoms with van der Waals surface area (Å²) in [5.74, 6) is 0. The number of hydrogen-bond donors (Lipinski definition) is 0. The first-order valence-corrected chi connectivity index (χ1v) is 5.85. The van der Waals surface area contributed by atoms with Gasteiger partial charge >= 0.3 is 5.66 Å². The van der Waals surface area contributed by atoms with Crippen molar-refractivity contribution < 1.29 is 27.8 Å². The molecule has 0 aliphatic carbocycles. The van der Waals surface area contributed by atoms with E-state index < -0.39 is 5.66 Å². The van der Waals surface area contributed by atoms with Crippen LogP contribution in [0.3, 0.4) is 0 Å². The topological polar surface area (TPSA) is 114 Å².